The number of carbonyl (C=O) groups excluding carboxylic acids is 2. The van der Waals surface area contributed by atoms with Crippen molar-refractivity contribution in [3.05, 3.63) is 29.8 Å². The first-order valence-corrected chi connectivity index (χ1v) is 8.97. The SMILES string of the molecule is CCNC(=O)COc1cccc(CNC(=O)C2CCCCC2(C)N)c1. The average Bonchev–Trinajstić information content (AvgIpc) is 2.58. The van der Waals surface area contributed by atoms with Crippen LogP contribution in [0.4, 0.5) is 0 Å². The van der Waals surface area contributed by atoms with E-state index in [1.807, 2.05) is 32.0 Å². The van der Waals surface area contributed by atoms with E-state index in [0.29, 0.717) is 18.8 Å². The van der Waals surface area contributed by atoms with Crippen LogP contribution in [0.15, 0.2) is 24.3 Å². The van der Waals surface area contributed by atoms with Crippen molar-refractivity contribution in [1.29, 1.82) is 0 Å². The summed E-state index contributed by atoms with van der Waals surface area (Å²) in [6.07, 6.45) is 3.86. The quantitative estimate of drug-likeness (QED) is 0.700. The monoisotopic (exact) mass is 347 g/mol. The van der Waals surface area contributed by atoms with Gasteiger partial charge in [0.2, 0.25) is 5.91 Å². The summed E-state index contributed by atoms with van der Waals surface area (Å²) in [5.41, 5.74) is 6.79. The van der Waals surface area contributed by atoms with E-state index in [2.05, 4.69) is 10.6 Å². The van der Waals surface area contributed by atoms with Crippen molar-refractivity contribution < 1.29 is 14.3 Å². The molecule has 1 aromatic rings. The van der Waals surface area contributed by atoms with Gasteiger partial charge in [0.1, 0.15) is 5.75 Å². The molecule has 2 unspecified atom stereocenters. The Bertz CT molecular complexity index is 601. The molecule has 1 aliphatic rings. The number of likely N-dealkylation sites (N-methyl/N-ethyl adjacent to an activating group) is 1. The Kier molecular flexibility index (Phi) is 6.82. The molecule has 0 heterocycles. The molecule has 0 radical (unpaired) electrons. The summed E-state index contributed by atoms with van der Waals surface area (Å²) in [5, 5.41) is 5.66. The third-order valence-corrected chi connectivity index (χ3v) is 4.68. The number of nitrogens with one attached hydrogen (secondary N) is 2. The van der Waals surface area contributed by atoms with Crippen LogP contribution >= 0.6 is 0 Å². The van der Waals surface area contributed by atoms with Crippen LogP contribution in [-0.2, 0) is 16.1 Å². The summed E-state index contributed by atoms with van der Waals surface area (Å²) in [6.45, 7) is 4.81. The maximum absolute atomic E-state index is 12.5. The molecule has 2 atom stereocenters. The predicted octanol–water partition coefficient (Wildman–Crippen LogP) is 1.73. The Morgan fingerprint density at radius 3 is 2.84 bits per heavy atom. The van der Waals surface area contributed by atoms with Gasteiger partial charge in [-0.15, -0.1) is 0 Å². The smallest absolute Gasteiger partial charge is 0.257 e. The molecule has 6 heteroatoms. The van der Waals surface area contributed by atoms with Gasteiger partial charge in [0, 0.05) is 18.6 Å². The second kappa shape index (κ2) is 8.85. The molecule has 0 aromatic heterocycles. The molecule has 2 rings (SSSR count). The zero-order valence-corrected chi connectivity index (χ0v) is 15.1. The summed E-state index contributed by atoms with van der Waals surface area (Å²) >= 11 is 0. The van der Waals surface area contributed by atoms with Crippen LogP contribution in [0, 0.1) is 5.92 Å². The highest BCUT2D eigenvalue weighted by atomic mass is 16.5. The Hall–Kier alpha value is -2.08. The number of ether oxygens (including phenoxy) is 1. The van der Waals surface area contributed by atoms with Gasteiger partial charge in [0.05, 0.1) is 5.92 Å². The Morgan fingerprint density at radius 2 is 2.12 bits per heavy atom. The van der Waals surface area contributed by atoms with E-state index >= 15 is 0 Å². The van der Waals surface area contributed by atoms with E-state index in [0.717, 1.165) is 31.2 Å². The first-order chi connectivity index (χ1) is 11.9. The van der Waals surface area contributed by atoms with Crippen molar-refractivity contribution in [1.82, 2.24) is 10.6 Å². The molecule has 25 heavy (non-hydrogen) atoms. The molecule has 138 valence electrons. The summed E-state index contributed by atoms with van der Waals surface area (Å²) in [4.78, 5) is 23.9. The van der Waals surface area contributed by atoms with E-state index in [1.54, 1.807) is 6.07 Å². The first-order valence-electron chi connectivity index (χ1n) is 8.97. The van der Waals surface area contributed by atoms with Crippen molar-refractivity contribution in [3.8, 4) is 5.75 Å². The van der Waals surface area contributed by atoms with Gasteiger partial charge in [-0.05, 0) is 44.4 Å². The molecule has 0 aliphatic heterocycles. The van der Waals surface area contributed by atoms with Crippen LogP contribution < -0.4 is 21.1 Å². The maximum Gasteiger partial charge on any atom is 0.257 e. The minimum Gasteiger partial charge on any atom is -0.484 e. The standard InChI is InChI=1S/C19H29N3O3/c1-3-21-17(23)13-25-15-8-6-7-14(11-15)12-22-18(24)16-9-4-5-10-19(16,2)20/h6-8,11,16H,3-5,9-10,12-13,20H2,1-2H3,(H,21,23)(H,22,24). The number of carbonyl (C=O) groups is 2. The van der Waals surface area contributed by atoms with Gasteiger partial charge < -0.3 is 21.1 Å². The van der Waals surface area contributed by atoms with Gasteiger partial charge >= 0.3 is 0 Å². The van der Waals surface area contributed by atoms with Gasteiger partial charge in [-0.25, -0.2) is 0 Å². The minimum atomic E-state index is -0.431. The number of hydrogen-bond acceptors (Lipinski definition) is 4. The Labute approximate surface area is 149 Å². The van der Waals surface area contributed by atoms with Crippen molar-refractivity contribution >= 4 is 11.8 Å². The summed E-state index contributed by atoms with van der Waals surface area (Å²) in [7, 11) is 0. The highest BCUT2D eigenvalue weighted by Gasteiger charge is 2.37. The highest BCUT2D eigenvalue weighted by Crippen LogP contribution is 2.31. The fourth-order valence-corrected chi connectivity index (χ4v) is 3.24. The lowest BCUT2D eigenvalue weighted by Crippen LogP contribution is -2.52. The molecule has 0 spiro atoms. The Balaban J connectivity index is 1.87. The van der Waals surface area contributed by atoms with E-state index < -0.39 is 5.54 Å². The number of rotatable bonds is 7. The molecule has 0 bridgehead atoms. The van der Waals surface area contributed by atoms with Crippen LogP contribution in [0.1, 0.15) is 45.1 Å². The van der Waals surface area contributed by atoms with Crippen molar-refractivity contribution in [2.45, 2.75) is 51.6 Å². The zero-order valence-electron chi connectivity index (χ0n) is 15.1. The molecular formula is C19H29N3O3. The van der Waals surface area contributed by atoms with Gasteiger partial charge in [0.15, 0.2) is 6.61 Å². The molecule has 1 fully saturated rings. The lowest BCUT2D eigenvalue weighted by molar-refractivity contribution is -0.128. The lowest BCUT2D eigenvalue weighted by atomic mass is 9.74. The molecule has 1 saturated carbocycles. The summed E-state index contributed by atoms with van der Waals surface area (Å²) in [5.74, 6) is 0.330. The van der Waals surface area contributed by atoms with E-state index in [1.165, 1.54) is 0 Å². The third-order valence-electron chi connectivity index (χ3n) is 4.68. The second-order valence-electron chi connectivity index (χ2n) is 6.91. The number of nitrogens with two attached hydrogens (primary N) is 1. The molecule has 1 aliphatic carbocycles. The number of benzene rings is 1. The van der Waals surface area contributed by atoms with E-state index in [-0.39, 0.29) is 24.3 Å². The average molecular weight is 347 g/mol. The zero-order chi connectivity index (χ0) is 18.3. The van der Waals surface area contributed by atoms with E-state index in [4.69, 9.17) is 10.5 Å². The van der Waals surface area contributed by atoms with Gasteiger partial charge in [0.25, 0.3) is 5.91 Å². The van der Waals surface area contributed by atoms with Gasteiger partial charge in [-0.3, -0.25) is 9.59 Å². The van der Waals surface area contributed by atoms with Crippen LogP contribution in [0.3, 0.4) is 0 Å². The third kappa shape index (κ3) is 5.74. The normalized spacial score (nSPS) is 22.9. The van der Waals surface area contributed by atoms with E-state index in [9.17, 15) is 9.59 Å². The molecule has 6 nitrogen and oxygen atoms in total. The molecule has 1 aromatic carbocycles. The molecular weight excluding hydrogens is 318 g/mol. The van der Waals surface area contributed by atoms with Crippen LogP contribution in [0.25, 0.3) is 0 Å². The Morgan fingerprint density at radius 1 is 1.32 bits per heavy atom. The van der Waals surface area contributed by atoms with Crippen molar-refractivity contribution in [2.75, 3.05) is 13.2 Å². The summed E-state index contributed by atoms with van der Waals surface area (Å²) in [6, 6.07) is 7.40. The first kappa shape index (κ1) is 19.2. The van der Waals surface area contributed by atoms with Crippen LogP contribution in [-0.4, -0.2) is 30.5 Å². The van der Waals surface area contributed by atoms with Crippen molar-refractivity contribution in [2.24, 2.45) is 11.7 Å². The largest absolute Gasteiger partial charge is 0.484 e. The molecule has 0 saturated heterocycles. The fraction of sp³-hybridized carbons (Fsp3) is 0.579. The summed E-state index contributed by atoms with van der Waals surface area (Å²) < 4.78 is 5.47. The van der Waals surface area contributed by atoms with Crippen LogP contribution in [0.5, 0.6) is 5.75 Å². The second-order valence-corrected chi connectivity index (χ2v) is 6.91. The minimum absolute atomic E-state index is 0.0124. The molecule has 2 amide bonds. The number of amides is 2. The van der Waals surface area contributed by atoms with Crippen LogP contribution in [0.2, 0.25) is 0 Å². The van der Waals surface area contributed by atoms with Gasteiger partial charge in [-0.2, -0.15) is 0 Å². The lowest BCUT2D eigenvalue weighted by Gasteiger charge is -2.37. The fourth-order valence-electron chi connectivity index (χ4n) is 3.24. The maximum atomic E-state index is 12.5. The highest BCUT2D eigenvalue weighted by molar-refractivity contribution is 5.80. The van der Waals surface area contributed by atoms with Crippen molar-refractivity contribution in [3.63, 3.8) is 0 Å². The predicted molar refractivity (Wildman–Crippen MR) is 97.0 cm³/mol. The number of hydrogen-bond donors (Lipinski definition) is 3. The molecule has 4 N–H and O–H groups in total. The topological polar surface area (TPSA) is 93.5 Å². The van der Waals surface area contributed by atoms with Gasteiger partial charge in [-0.1, -0.05) is 25.0 Å².